The molecule has 2 rings (SSSR count). The molecule has 0 saturated heterocycles. The molecule has 0 aliphatic rings. The van der Waals surface area contributed by atoms with E-state index in [0.29, 0.717) is 23.0 Å². The highest BCUT2D eigenvalue weighted by molar-refractivity contribution is 6.31. The molecule has 17 heavy (non-hydrogen) atoms. The van der Waals surface area contributed by atoms with Crippen LogP contribution in [0.1, 0.15) is 11.3 Å². The van der Waals surface area contributed by atoms with Gasteiger partial charge in [-0.2, -0.15) is 5.10 Å². The van der Waals surface area contributed by atoms with Crippen LogP contribution in [-0.2, 0) is 6.42 Å². The number of benzene rings is 1. The molecule has 0 saturated carbocycles. The Kier molecular flexibility index (Phi) is 3.72. The van der Waals surface area contributed by atoms with Crippen LogP contribution >= 0.6 is 23.2 Å². The summed E-state index contributed by atoms with van der Waals surface area (Å²) in [5.74, 6) is 0. The first kappa shape index (κ1) is 12.4. The minimum Gasteiger partial charge on any atom is -0.330 e. The number of aromatic nitrogens is 2. The smallest absolute Gasteiger partial charge is 0.0819 e. The molecule has 3 nitrogen and oxygen atoms in total. The first-order chi connectivity index (χ1) is 8.13. The molecule has 0 amide bonds. The molecule has 0 aliphatic carbocycles. The van der Waals surface area contributed by atoms with Gasteiger partial charge in [-0.25, -0.2) is 4.68 Å². The van der Waals surface area contributed by atoms with Crippen molar-refractivity contribution in [2.24, 2.45) is 5.73 Å². The molecule has 1 aromatic carbocycles. The Hall–Kier alpha value is -1.03. The molecule has 90 valence electrons. The van der Waals surface area contributed by atoms with Crippen LogP contribution < -0.4 is 5.73 Å². The van der Waals surface area contributed by atoms with Crippen molar-refractivity contribution in [1.82, 2.24) is 9.78 Å². The molecule has 0 radical (unpaired) electrons. The van der Waals surface area contributed by atoms with E-state index in [1.165, 1.54) is 0 Å². The quantitative estimate of drug-likeness (QED) is 0.931. The topological polar surface area (TPSA) is 43.8 Å². The molecular formula is C12H13Cl2N3. The fraction of sp³-hybridized carbons (Fsp3) is 0.250. The van der Waals surface area contributed by atoms with Crippen molar-refractivity contribution >= 4 is 23.2 Å². The van der Waals surface area contributed by atoms with Gasteiger partial charge in [0.25, 0.3) is 0 Å². The van der Waals surface area contributed by atoms with Crippen LogP contribution in [0.15, 0.2) is 24.4 Å². The molecule has 0 unspecified atom stereocenters. The second kappa shape index (κ2) is 5.08. The normalized spacial score (nSPS) is 10.8. The van der Waals surface area contributed by atoms with Gasteiger partial charge in [0, 0.05) is 11.2 Å². The summed E-state index contributed by atoms with van der Waals surface area (Å²) in [6.45, 7) is 2.41. The maximum atomic E-state index is 6.17. The molecule has 0 fully saturated rings. The van der Waals surface area contributed by atoms with Gasteiger partial charge in [-0.15, -0.1) is 0 Å². The fourth-order valence-corrected chi connectivity index (χ4v) is 2.11. The summed E-state index contributed by atoms with van der Waals surface area (Å²) in [4.78, 5) is 0. The monoisotopic (exact) mass is 269 g/mol. The maximum Gasteiger partial charge on any atom is 0.0819 e. The molecule has 0 bridgehead atoms. The van der Waals surface area contributed by atoms with Crippen molar-refractivity contribution in [2.75, 3.05) is 6.54 Å². The van der Waals surface area contributed by atoms with Crippen molar-refractivity contribution in [3.63, 3.8) is 0 Å². The Morgan fingerprint density at radius 3 is 2.65 bits per heavy atom. The summed E-state index contributed by atoms with van der Waals surface area (Å²) in [5, 5.41) is 5.70. The van der Waals surface area contributed by atoms with Gasteiger partial charge in [-0.05, 0) is 37.6 Å². The first-order valence-corrected chi connectivity index (χ1v) is 6.08. The van der Waals surface area contributed by atoms with Crippen LogP contribution in [0.2, 0.25) is 10.0 Å². The zero-order chi connectivity index (χ0) is 12.4. The highest BCUT2D eigenvalue weighted by atomic mass is 35.5. The lowest BCUT2D eigenvalue weighted by atomic mass is 10.1. The molecule has 1 heterocycles. The van der Waals surface area contributed by atoms with E-state index in [2.05, 4.69) is 5.10 Å². The lowest BCUT2D eigenvalue weighted by Gasteiger charge is -2.10. The number of aryl methyl sites for hydroxylation is 1. The predicted octanol–water partition coefficient (Wildman–Crippen LogP) is 2.99. The first-order valence-electron chi connectivity index (χ1n) is 5.33. The lowest BCUT2D eigenvalue weighted by Crippen LogP contribution is -2.08. The van der Waals surface area contributed by atoms with Crippen LogP contribution in [0.3, 0.4) is 0 Å². The SMILES string of the molecule is Cc1nn(-c2cccc(Cl)c2CCN)cc1Cl. The van der Waals surface area contributed by atoms with Crippen molar-refractivity contribution in [1.29, 1.82) is 0 Å². The maximum absolute atomic E-state index is 6.17. The van der Waals surface area contributed by atoms with Crippen LogP contribution in [0.4, 0.5) is 0 Å². The highest BCUT2D eigenvalue weighted by Crippen LogP contribution is 2.25. The number of nitrogens with two attached hydrogens (primary N) is 1. The van der Waals surface area contributed by atoms with E-state index >= 15 is 0 Å². The van der Waals surface area contributed by atoms with E-state index in [1.54, 1.807) is 10.9 Å². The van der Waals surface area contributed by atoms with E-state index in [-0.39, 0.29) is 0 Å². The number of hydrogen-bond donors (Lipinski definition) is 1. The van der Waals surface area contributed by atoms with E-state index in [9.17, 15) is 0 Å². The summed E-state index contributed by atoms with van der Waals surface area (Å²) in [6, 6.07) is 5.70. The standard InChI is InChI=1S/C12H13Cl2N3/c1-8-11(14)7-17(16-8)12-4-2-3-10(13)9(12)5-6-15/h2-4,7H,5-6,15H2,1H3. The molecule has 1 aromatic heterocycles. The van der Waals surface area contributed by atoms with Crippen LogP contribution in [-0.4, -0.2) is 16.3 Å². The molecule has 0 aliphatic heterocycles. The molecular weight excluding hydrogens is 257 g/mol. The second-order valence-electron chi connectivity index (χ2n) is 3.78. The number of halogens is 2. The van der Waals surface area contributed by atoms with Crippen LogP contribution in [0.5, 0.6) is 0 Å². The Balaban J connectivity index is 2.54. The Labute approximate surface area is 110 Å². The average molecular weight is 270 g/mol. The predicted molar refractivity (Wildman–Crippen MR) is 71.1 cm³/mol. The second-order valence-corrected chi connectivity index (χ2v) is 4.60. The van der Waals surface area contributed by atoms with Gasteiger partial charge in [-0.3, -0.25) is 0 Å². The molecule has 2 aromatic rings. The minimum atomic E-state index is 0.546. The fourth-order valence-electron chi connectivity index (χ4n) is 1.72. The van der Waals surface area contributed by atoms with Gasteiger partial charge in [0.2, 0.25) is 0 Å². The third kappa shape index (κ3) is 2.46. The van der Waals surface area contributed by atoms with E-state index in [0.717, 1.165) is 16.9 Å². The van der Waals surface area contributed by atoms with Crippen LogP contribution in [0, 0.1) is 6.92 Å². The van der Waals surface area contributed by atoms with Gasteiger partial charge >= 0.3 is 0 Å². The Bertz CT molecular complexity index is 515. The lowest BCUT2D eigenvalue weighted by molar-refractivity contribution is 0.838. The Morgan fingerprint density at radius 1 is 1.29 bits per heavy atom. The molecule has 0 atom stereocenters. The number of hydrogen-bond acceptors (Lipinski definition) is 2. The average Bonchev–Trinajstić information content (AvgIpc) is 2.62. The van der Waals surface area contributed by atoms with Gasteiger partial charge in [-0.1, -0.05) is 29.3 Å². The van der Waals surface area contributed by atoms with Crippen molar-refractivity contribution in [3.8, 4) is 5.69 Å². The van der Waals surface area contributed by atoms with Gasteiger partial charge in [0.05, 0.1) is 16.4 Å². The minimum absolute atomic E-state index is 0.546. The molecule has 5 heteroatoms. The highest BCUT2D eigenvalue weighted by Gasteiger charge is 2.10. The third-order valence-corrected chi connectivity index (χ3v) is 3.30. The number of nitrogens with zero attached hydrogens (tertiary/aromatic N) is 2. The van der Waals surface area contributed by atoms with E-state index < -0.39 is 0 Å². The zero-order valence-corrected chi connectivity index (χ0v) is 11.0. The Morgan fingerprint density at radius 2 is 2.06 bits per heavy atom. The van der Waals surface area contributed by atoms with Crippen molar-refractivity contribution < 1.29 is 0 Å². The van der Waals surface area contributed by atoms with Crippen molar-refractivity contribution in [3.05, 3.63) is 45.7 Å². The van der Waals surface area contributed by atoms with E-state index in [4.69, 9.17) is 28.9 Å². The van der Waals surface area contributed by atoms with Gasteiger partial charge < -0.3 is 5.73 Å². The zero-order valence-electron chi connectivity index (χ0n) is 9.45. The van der Waals surface area contributed by atoms with Crippen LogP contribution in [0.25, 0.3) is 5.69 Å². The summed E-state index contributed by atoms with van der Waals surface area (Å²) >= 11 is 12.2. The number of rotatable bonds is 3. The molecule has 2 N–H and O–H groups in total. The molecule has 0 spiro atoms. The third-order valence-electron chi connectivity index (χ3n) is 2.57. The summed E-state index contributed by atoms with van der Waals surface area (Å²) < 4.78 is 1.74. The van der Waals surface area contributed by atoms with Gasteiger partial charge in [0.1, 0.15) is 0 Å². The summed E-state index contributed by atoms with van der Waals surface area (Å²) in [5.41, 5.74) is 8.32. The largest absolute Gasteiger partial charge is 0.330 e. The summed E-state index contributed by atoms with van der Waals surface area (Å²) in [6.07, 6.45) is 2.49. The van der Waals surface area contributed by atoms with E-state index in [1.807, 2.05) is 25.1 Å². The summed E-state index contributed by atoms with van der Waals surface area (Å²) in [7, 11) is 0. The van der Waals surface area contributed by atoms with Gasteiger partial charge in [0.15, 0.2) is 0 Å². The van der Waals surface area contributed by atoms with Crippen molar-refractivity contribution in [2.45, 2.75) is 13.3 Å².